The molecular formula is C19H22N4O. The number of hydrogen-bond acceptors (Lipinski definition) is 5. The van der Waals surface area contributed by atoms with E-state index in [1.807, 2.05) is 0 Å². The molecule has 124 valence electrons. The lowest BCUT2D eigenvalue weighted by Crippen LogP contribution is -2.29. The van der Waals surface area contributed by atoms with Crippen LogP contribution in [-0.4, -0.2) is 28.0 Å². The number of rotatable bonds is 6. The van der Waals surface area contributed by atoms with Gasteiger partial charge in [0.25, 0.3) is 0 Å². The first-order valence-corrected chi connectivity index (χ1v) is 8.45. The lowest BCUT2D eigenvalue weighted by atomic mass is 10.1. The second-order valence-electron chi connectivity index (χ2n) is 6.11. The first kappa shape index (κ1) is 16.4. The van der Waals surface area contributed by atoms with Gasteiger partial charge in [0.15, 0.2) is 0 Å². The molecule has 1 aliphatic heterocycles. The number of hydrogen-bond donors (Lipinski definition) is 0. The third kappa shape index (κ3) is 4.77. The van der Waals surface area contributed by atoms with Crippen molar-refractivity contribution in [3.8, 4) is 12.1 Å². The molecule has 2 aromatic rings. The maximum atomic E-state index is 8.71. The number of ether oxygens (including phenoxy) is 1. The van der Waals surface area contributed by atoms with E-state index < -0.39 is 0 Å². The molecule has 0 unspecified atom stereocenters. The molecule has 1 aromatic carbocycles. The average Bonchev–Trinajstić information content (AvgIpc) is 2.63. The molecule has 5 heteroatoms. The van der Waals surface area contributed by atoms with E-state index in [4.69, 9.17) is 10.00 Å². The van der Waals surface area contributed by atoms with Gasteiger partial charge in [-0.05, 0) is 43.1 Å². The molecule has 0 N–H and O–H groups in total. The van der Waals surface area contributed by atoms with Gasteiger partial charge in [-0.2, -0.15) is 10.2 Å². The summed E-state index contributed by atoms with van der Waals surface area (Å²) < 4.78 is 5.63. The third-order valence-electron chi connectivity index (χ3n) is 4.20. The van der Waals surface area contributed by atoms with Gasteiger partial charge in [0.05, 0.1) is 18.2 Å². The van der Waals surface area contributed by atoms with E-state index in [2.05, 4.69) is 45.2 Å². The van der Waals surface area contributed by atoms with Gasteiger partial charge in [-0.15, -0.1) is 0 Å². The van der Waals surface area contributed by atoms with Gasteiger partial charge in [0, 0.05) is 12.7 Å². The maximum Gasteiger partial charge on any atom is 0.316 e. The van der Waals surface area contributed by atoms with Crippen LogP contribution in [0, 0.1) is 11.3 Å². The van der Waals surface area contributed by atoms with Crippen LogP contribution in [0.4, 0.5) is 0 Å². The van der Waals surface area contributed by atoms with Gasteiger partial charge < -0.3 is 4.74 Å². The predicted molar refractivity (Wildman–Crippen MR) is 91.3 cm³/mol. The first-order valence-electron chi connectivity index (χ1n) is 8.45. The fraction of sp³-hybridized carbons (Fsp3) is 0.421. The topological polar surface area (TPSA) is 62.0 Å². The van der Waals surface area contributed by atoms with Crippen molar-refractivity contribution in [2.45, 2.75) is 38.8 Å². The van der Waals surface area contributed by atoms with Crippen LogP contribution in [-0.2, 0) is 19.6 Å². The van der Waals surface area contributed by atoms with Crippen LogP contribution in [0.2, 0.25) is 0 Å². The number of nitrogens with zero attached hydrogens (tertiary/aromatic N) is 4. The largest absolute Gasteiger partial charge is 0.459 e. The number of nitriles is 1. The first-order chi connectivity index (χ1) is 11.8. The fourth-order valence-electron chi connectivity index (χ4n) is 2.89. The van der Waals surface area contributed by atoms with Crippen LogP contribution in [0.15, 0.2) is 36.5 Å². The lowest BCUT2D eigenvalue weighted by Gasteiger charge is -2.26. The van der Waals surface area contributed by atoms with Crippen LogP contribution < -0.4 is 4.74 Å². The van der Waals surface area contributed by atoms with Crippen molar-refractivity contribution in [3.05, 3.63) is 53.3 Å². The molecule has 0 atom stereocenters. The molecule has 1 aromatic heterocycles. The predicted octanol–water partition coefficient (Wildman–Crippen LogP) is 3.11. The Morgan fingerprint density at radius 3 is 2.54 bits per heavy atom. The molecule has 0 aliphatic carbocycles. The minimum absolute atomic E-state index is 0.268. The summed E-state index contributed by atoms with van der Waals surface area (Å²) in [6.07, 6.45) is 5.89. The highest BCUT2D eigenvalue weighted by atomic mass is 16.5. The van der Waals surface area contributed by atoms with Gasteiger partial charge in [0.2, 0.25) is 0 Å². The molecular weight excluding hydrogens is 300 g/mol. The van der Waals surface area contributed by atoms with Crippen molar-refractivity contribution in [2.24, 2.45) is 0 Å². The molecule has 0 bridgehead atoms. The summed E-state index contributed by atoms with van der Waals surface area (Å²) in [6, 6.07) is 12.6. The van der Waals surface area contributed by atoms with Crippen molar-refractivity contribution < 1.29 is 4.74 Å². The standard InChI is InChI=1S/C19H22N4O/c20-10-8-18-9-11-21-19(22-18)24-15-17-6-4-16(5-7-17)14-23-12-2-1-3-13-23/h4-7,9,11H,1-3,8,12-15H2. The maximum absolute atomic E-state index is 8.71. The molecule has 0 radical (unpaired) electrons. The van der Waals surface area contributed by atoms with Crippen molar-refractivity contribution in [1.29, 1.82) is 5.26 Å². The van der Waals surface area contributed by atoms with Crippen molar-refractivity contribution in [2.75, 3.05) is 13.1 Å². The summed E-state index contributed by atoms with van der Waals surface area (Å²) in [5.74, 6) is 0. The van der Waals surface area contributed by atoms with E-state index >= 15 is 0 Å². The summed E-state index contributed by atoms with van der Waals surface area (Å²) in [5, 5.41) is 8.71. The highest BCUT2D eigenvalue weighted by Crippen LogP contribution is 2.14. The molecule has 5 nitrogen and oxygen atoms in total. The molecule has 1 fully saturated rings. The van der Waals surface area contributed by atoms with E-state index in [0.717, 1.165) is 12.1 Å². The molecule has 3 rings (SSSR count). The van der Waals surface area contributed by atoms with Gasteiger partial charge in [0.1, 0.15) is 6.61 Å². The quantitative estimate of drug-likeness (QED) is 0.818. The Hall–Kier alpha value is -2.45. The Morgan fingerprint density at radius 2 is 1.79 bits per heavy atom. The van der Waals surface area contributed by atoms with Gasteiger partial charge in [-0.3, -0.25) is 4.90 Å². The zero-order valence-electron chi connectivity index (χ0n) is 13.8. The molecule has 1 aliphatic rings. The zero-order chi connectivity index (χ0) is 16.6. The molecule has 24 heavy (non-hydrogen) atoms. The lowest BCUT2D eigenvalue weighted by molar-refractivity contribution is 0.221. The minimum Gasteiger partial charge on any atom is -0.459 e. The van der Waals surface area contributed by atoms with Crippen molar-refractivity contribution >= 4 is 0 Å². The summed E-state index contributed by atoms with van der Waals surface area (Å²) in [5.41, 5.74) is 3.11. The van der Waals surface area contributed by atoms with E-state index in [9.17, 15) is 0 Å². The molecule has 0 amide bonds. The van der Waals surface area contributed by atoms with Crippen LogP contribution >= 0.6 is 0 Å². The normalized spacial score (nSPS) is 15.0. The van der Waals surface area contributed by atoms with Gasteiger partial charge >= 0.3 is 6.01 Å². The Labute approximate surface area is 142 Å². The van der Waals surface area contributed by atoms with E-state index in [1.54, 1.807) is 12.3 Å². The summed E-state index contributed by atoms with van der Waals surface area (Å²) in [6.45, 7) is 3.88. The minimum atomic E-state index is 0.268. The zero-order valence-corrected chi connectivity index (χ0v) is 13.8. The van der Waals surface area contributed by atoms with Gasteiger partial charge in [-0.25, -0.2) is 4.98 Å². The molecule has 0 saturated carbocycles. The summed E-state index contributed by atoms with van der Waals surface area (Å²) in [4.78, 5) is 10.8. The monoisotopic (exact) mass is 322 g/mol. The molecule has 1 saturated heterocycles. The van der Waals surface area contributed by atoms with Gasteiger partial charge in [-0.1, -0.05) is 30.7 Å². The smallest absolute Gasteiger partial charge is 0.316 e. The molecule has 0 spiro atoms. The number of piperidine rings is 1. The number of benzene rings is 1. The Morgan fingerprint density at radius 1 is 1.04 bits per heavy atom. The van der Waals surface area contributed by atoms with Crippen LogP contribution in [0.25, 0.3) is 0 Å². The Balaban J connectivity index is 1.52. The fourth-order valence-corrected chi connectivity index (χ4v) is 2.89. The highest BCUT2D eigenvalue weighted by molar-refractivity contribution is 5.22. The second kappa shape index (κ2) is 8.42. The van der Waals surface area contributed by atoms with E-state index in [0.29, 0.717) is 18.3 Å². The summed E-state index contributed by atoms with van der Waals surface area (Å²) in [7, 11) is 0. The van der Waals surface area contributed by atoms with Crippen molar-refractivity contribution in [1.82, 2.24) is 14.9 Å². The SMILES string of the molecule is N#CCc1ccnc(OCc2ccc(CN3CCCCC3)cc2)n1. The number of likely N-dealkylation sites (tertiary alicyclic amines) is 1. The molecule has 2 heterocycles. The van der Waals surface area contributed by atoms with E-state index in [1.165, 1.54) is 37.9 Å². The Kier molecular flexibility index (Phi) is 5.75. The van der Waals surface area contributed by atoms with Crippen LogP contribution in [0.5, 0.6) is 6.01 Å². The van der Waals surface area contributed by atoms with Crippen molar-refractivity contribution in [3.63, 3.8) is 0 Å². The number of aromatic nitrogens is 2. The average molecular weight is 322 g/mol. The second-order valence-corrected chi connectivity index (χ2v) is 6.11. The van der Waals surface area contributed by atoms with E-state index in [-0.39, 0.29) is 6.42 Å². The third-order valence-corrected chi connectivity index (χ3v) is 4.20. The van der Waals surface area contributed by atoms with Crippen LogP contribution in [0.3, 0.4) is 0 Å². The highest BCUT2D eigenvalue weighted by Gasteiger charge is 2.10. The summed E-state index contributed by atoms with van der Waals surface area (Å²) >= 11 is 0. The Bertz CT molecular complexity index is 687. The van der Waals surface area contributed by atoms with Crippen LogP contribution in [0.1, 0.15) is 36.1 Å².